The van der Waals surface area contributed by atoms with Gasteiger partial charge < -0.3 is 20.4 Å². The predicted octanol–water partition coefficient (Wildman–Crippen LogP) is 3.89. The van der Waals surface area contributed by atoms with Crippen LogP contribution in [0.5, 0.6) is 0 Å². The van der Waals surface area contributed by atoms with Crippen molar-refractivity contribution in [2.24, 2.45) is 5.16 Å². The zero-order valence-electron chi connectivity index (χ0n) is 16.0. The third-order valence-electron chi connectivity index (χ3n) is 5.36. The summed E-state index contributed by atoms with van der Waals surface area (Å²) in [5.74, 6) is 0.229. The van der Waals surface area contributed by atoms with Crippen molar-refractivity contribution in [2.75, 3.05) is 6.61 Å². The number of aliphatic hydroxyl groups excluding tert-OH is 1. The lowest BCUT2D eigenvalue weighted by molar-refractivity contribution is 0.130. The van der Waals surface area contributed by atoms with Crippen LogP contribution < -0.4 is 5.32 Å². The fraction of sp³-hybridized carbons (Fsp3) is 0.364. The molecule has 2 atom stereocenters. The van der Waals surface area contributed by atoms with Crippen molar-refractivity contribution in [2.45, 2.75) is 44.2 Å². The molecule has 0 heterocycles. The summed E-state index contributed by atoms with van der Waals surface area (Å²) in [4.78, 5) is 16.5. The van der Waals surface area contributed by atoms with Crippen LogP contribution in [-0.4, -0.2) is 34.2 Å². The molecule has 0 unspecified atom stereocenters. The van der Waals surface area contributed by atoms with Gasteiger partial charge in [0.15, 0.2) is 0 Å². The highest BCUT2D eigenvalue weighted by Gasteiger charge is 2.40. The van der Waals surface area contributed by atoms with Crippen molar-refractivity contribution >= 4 is 11.8 Å². The quantitative estimate of drug-likeness (QED) is 0.500. The van der Waals surface area contributed by atoms with Gasteiger partial charge in [0.25, 0.3) is 0 Å². The van der Waals surface area contributed by atoms with Gasteiger partial charge in [0, 0.05) is 0 Å². The Balaban J connectivity index is 1.56. The number of benzene rings is 2. The Morgan fingerprint density at radius 3 is 2.57 bits per heavy atom. The van der Waals surface area contributed by atoms with Gasteiger partial charge in [-0.05, 0) is 48.8 Å². The molecule has 0 radical (unpaired) electrons. The van der Waals surface area contributed by atoms with Crippen LogP contribution in [0.25, 0.3) is 0 Å². The Morgan fingerprint density at radius 2 is 1.93 bits per heavy atom. The van der Waals surface area contributed by atoms with E-state index in [1.807, 2.05) is 61.5 Å². The van der Waals surface area contributed by atoms with E-state index in [1.165, 1.54) is 0 Å². The number of hydrogen-bond donors (Lipinski definition) is 3. The van der Waals surface area contributed by atoms with Crippen molar-refractivity contribution in [1.29, 1.82) is 0 Å². The molecular weight excluding hydrogens is 356 g/mol. The van der Waals surface area contributed by atoms with Crippen LogP contribution in [0.4, 0.5) is 4.79 Å². The minimum atomic E-state index is -1.09. The second-order valence-electron chi connectivity index (χ2n) is 7.37. The maximum absolute atomic E-state index is 11.0. The fourth-order valence-corrected chi connectivity index (χ4v) is 3.76. The van der Waals surface area contributed by atoms with E-state index < -0.39 is 11.6 Å². The maximum atomic E-state index is 11.0. The molecule has 28 heavy (non-hydrogen) atoms. The first kappa shape index (κ1) is 19.9. The van der Waals surface area contributed by atoms with E-state index in [0.29, 0.717) is 19.4 Å². The van der Waals surface area contributed by atoms with Crippen molar-refractivity contribution in [3.8, 4) is 0 Å². The van der Waals surface area contributed by atoms with E-state index >= 15 is 0 Å². The first-order valence-corrected chi connectivity index (χ1v) is 9.44. The van der Waals surface area contributed by atoms with E-state index in [-0.39, 0.29) is 12.5 Å². The Bertz CT molecular complexity index is 820. The molecule has 0 aromatic heterocycles. The van der Waals surface area contributed by atoms with Gasteiger partial charge in [0.2, 0.25) is 0 Å². The number of oxime groups is 1. The molecular formula is C22H26N2O4. The molecule has 1 aliphatic rings. The van der Waals surface area contributed by atoms with Crippen LogP contribution >= 0.6 is 0 Å². The summed E-state index contributed by atoms with van der Waals surface area (Å²) in [6, 6.07) is 18.0. The van der Waals surface area contributed by atoms with E-state index in [4.69, 9.17) is 9.94 Å². The molecule has 0 spiro atoms. The summed E-state index contributed by atoms with van der Waals surface area (Å²) in [5, 5.41) is 25.3. The summed E-state index contributed by atoms with van der Waals surface area (Å²) in [6.07, 6.45) is 0.996. The molecule has 3 rings (SSSR count). The number of amides is 1. The second kappa shape index (κ2) is 8.89. The minimum absolute atomic E-state index is 0.180. The van der Waals surface area contributed by atoms with E-state index in [1.54, 1.807) is 0 Å². The zero-order valence-corrected chi connectivity index (χ0v) is 16.0. The van der Waals surface area contributed by atoms with Crippen LogP contribution in [-0.2, 0) is 11.4 Å². The summed E-state index contributed by atoms with van der Waals surface area (Å²) in [7, 11) is 0. The average molecular weight is 382 g/mol. The molecule has 1 aliphatic carbocycles. The van der Waals surface area contributed by atoms with Gasteiger partial charge in [-0.1, -0.05) is 59.8 Å². The third-order valence-corrected chi connectivity index (χ3v) is 5.36. The lowest BCUT2D eigenvalue weighted by atomic mass is 9.92. The van der Waals surface area contributed by atoms with Gasteiger partial charge in [0.1, 0.15) is 6.61 Å². The molecule has 2 aromatic rings. The van der Waals surface area contributed by atoms with E-state index in [9.17, 15) is 9.90 Å². The standard InChI is InChI=1S/C22H26N2O4/c1-16(18-5-3-2-4-6-18)24-28-14-17-7-9-19(10-8-17)20-11-12-22(13-20,15-25)23-21(26)27/h2-10,20,23,25H,11-15H2,1H3,(H,26,27)/b24-16+/t20-,22-/m1/s1. The minimum Gasteiger partial charge on any atom is -0.465 e. The van der Waals surface area contributed by atoms with Crippen LogP contribution in [0.3, 0.4) is 0 Å². The number of hydrogen-bond acceptors (Lipinski definition) is 4. The van der Waals surface area contributed by atoms with Gasteiger partial charge in [-0.2, -0.15) is 0 Å². The monoisotopic (exact) mass is 382 g/mol. The number of nitrogens with one attached hydrogen (secondary N) is 1. The van der Waals surface area contributed by atoms with Crippen LogP contribution in [0, 0.1) is 0 Å². The van der Waals surface area contributed by atoms with Crippen LogP contribution in [0.15, 0.2) is 59.8 Å². The fourth-order valence-electron chi connectivity index (χ4n) is 3.76. The van der Waals surface area contributed by atoms with E-state index in [2.05, 4.69) is 10.5 Å². The third kappa shape index (κ3) is 4.89. The Hall–Kier alpha value is -2.86. The first-order valence-electron chi connectivity index (χ1n) is 9.44. The predicted molar refractivity (Wildman–Crippen MR) is 107 cm³/mol. The largest absolute Gasteiger partial charge is 0.465 e. The Kier molecular flexibility index (Phi) is 6.31. The van der Waals surface area contributed by atoms with Gasteiger partial charge in [-0.15, -0.1) is 0 Å². The first-order chi connectivity index (χ1) is 13.5. The van der Waals surface area contributed by atoms with Crippen LogP contribution in [0.2, 0.25) is 0 Å². The number of carboxylic acid groups (broad SMARTS) is 1. The van der Waals surface area contributed by atoms with Gasteiger partial charge in [0.05, 0.1) is 17.9 Å². The molecule has 0 aliphatic heterocycles. The molecule has 2 aromatic carbocycles. The highest BCUT2D eigenvalue weighted by molar-refractivity contribution is 5.98. The average Bonchev–Trinajstić information content (AvgIpc) is 3.13. The molecule has 1 amide bonds. The van der Waals surface area contributed by atoms with Gasteiger partial charge in [-0.25, -0.2) is 4.79 Å². The smallest absolute Gasteiger partial charge is 0.405 e. The molecule has 148 valence electrons. The summed E-state index contributed by atoms with van der Waals surface area (Å²) >= 11 is 0. The molecule has 3 N–H and O–H groups in total. The number of carbonyl (C=O) groups is 1. The molecule has 1 fully saturated rings. The Labute approximate surface area is 164 Å². The summed E-state index contributed by atoms with van der Waals surface area (Å²) < 4.78 is 0. The normalized spacial score (nSPS) is 22.1. The highest BCUT2D eigenvalue weighted by Crippen LogP contribution is 2.40. The van der Waals surface area contributed by atoms with Crippen molar-refractivity contribution in [3.05, 3.63) is 71.3 Å². The van der Waals surface area contributed by atoms with Crippen molar-refractivity contribution in [1.82, 2.24) is 5.32 Å². The summed E-state index contributed by atoms with van der Waals surface area (Å²) in [6.45, 7) is 2.12. The molecule has 1 saturated carbocycles. The summed E-state index contributed by atoms with van der Waals surface area (Å²) in [5.41, 5.74) is 3.29. The lowest BCUT2D eigenvalue weighted by Crippen LogP contribution is -2.48. The Morgan fingerprint density at radius 1 is 1.21 bits per heavy atom. The highest BCUT2D eigenvalue weighted by atomic mass is 16.6. The van der Waals surface area contributed by atoms with Crippen molar-refractivity contribution < 1.29 is 19.8 Å². The van der Waals surface area contributed by atoms with Crippen molar-refractivity contribution in [3.63, 3.8) is 0 Å². The molecule has 0 saturated heterocycles. The number of nitrogens with zero attached hydrogens (tertiary/aromatic N) is 1. The SMILES string of the molecule is C/C(=N\OCc1ccc([C@@H]2CC[C@@](CO)(NC(=O)O)C2)cc1)c1ccccc1. The molecule has 6 nitrogen and oxygen atoms in total. The number of aliphatic hydroxyl groups is 1. The number of rotatable bonds is 7. The molecule has 6 heteroatoms. The van der Waals surface area contributed by atoms with Gasteiger partial charge >= 0.3 is 6.09 Å². The van der Waals surface area contributed by atoms with Crippen LogP contribution in [0.1, 0.15) is 48.8 Å². The topological polar surface area (TPSA) is 91.2 Å². The lowest BCUT2D eigenvalue weighted by Gasteiger charge is -2.26. The van der Waals surface area contributed by atoms with E-state index in [0.717, 1.165) is 28.8 Å². The maximum Gasteiger partial charge on any atom is 0.405 e. The zero-order chi connectivity index (χ0) is 20.0. The second-order valence-corrected chi connectivity index (χ2v) is 7.37. The van der Waals surface area contributed by atoms with Gasteiger partial charge in [-0.3, -0.25) is 0 Å². The molecule has 0 bridgehead atoms.